The number of aromatic nitrogens is 2. The first-order valence-corrected chi connectivity index (χ1v) is 10.3. The fourth-order valence-electron chi connectivity index (χ4n) is 4.43. The second-order valence-corrected chi connectivity index (χ2v) is 8.31. The summed E-state index contributed by atoms with van der Waals surface area (Å²) >= 11 is 0. The van der Waals surface area contributed by atoms with E-state index in [1.165, 1.54) is 11.6 Å². The van der Waals surface area contributed by atoms with Crippen LogP contribution in [0.25, 0.3) is 39.0 Å². The monoisotopic (exact) mass is 417 g/mol. The Hall–Kier alpha value is -3.47. The zero-order valence-electron chi connectivity index (χ0n) is 17.9. The molecular formula is C26H23F2N2O+. The van der Waals surface area contributed by atoms with Crippen LogP contribution in [0, 0.1) is 18.6 Å². The van der Waals surface area contributed by atoms with E-state index in [0.29, 0.717) is 22.3 Å². The van der Waals surface area contributed by atoms with Crippen LogP contribution in [0.2, 0.25) is 0 Å². The molecule has 0 N–H and O–H groups in total. The second kappa shape index (κ2) is 7.05. The average molecular weight is 417 g/mol. The normalized spacial score (nSPS) is 11.8. The lowest BCUT2D eigenvalue weighted by Gasteiger charge is -2.12. The highest BCUT2D eigenvalue weighted by Gasteiger charge is 2.28. The van der Waals surface area contributed by atoms with Gasteiger partial charge in [0.15, 0.2) is 5.58 Å². The van der Waals surface area contributed by atoms with Gasteiger partial charge in [-0.1, -0.05) is 44.2 Å². The fraction of sp³-hybridized carbons (Fsp3) is 0.192. The molecule has 2 heterocycles. The molecule has 0 fully saturated rings. The molecule has 0 aliphatic carbocycles. The van der Waals surface area contributed by atoms with Crippen LogP contribution in [0.4, 0.5) is 8.78 Å². The van der Waals surface area contributed by atoms with Crippen LogP contribution in [0.3, 0.4) is 0 Å². The molecular weight excluding hydrogens is 394 g/mol. The highest BCUT2D eigenvalue weighted by Crippen LogP contribution is 2.39. The molecule has 156 valence electrons. The van der Waals surface area contributed by atoms with Gasteiger partial charge in [-0.25, -0.2) is 13.3 Å². The van der Waals surface area contributed by atoms with Gasteiger partial charge in [0, 0.05) is 23.1 Å². The molecule has 0 atom stereocenters. The van der Waals surface area contributed by atoms with Crippen LogP contribution < -0.4 is 4.57 Å². The summed E-state index contributed by atoms with van der Waals surface area (Å²) in [6.45, 7) is 6.35. The maximum atomic E-state index is 14.6. The number of para-hydroxylation sites is 1. The van der Waals surface area contributed by atoms with Crippen molar-refractivity contribution in [1.82, 2.24) is 4.57 Å². The van der Waals surface area contributed by atoms with E-state index in [4.69, 9.17) is 4.42 Å². The summed E-state index contributed by atoms with van der Waals surface area (Å²) in [6.07, 6.45) is 4.02. The van der Waals surface area contributed by atoms with Gasteiger partial charge in [-0.05, 0) is 24.5 Å². The van der Waals surface area contributed by atoms with Gasteiger partial charge in [0.2, 0.25) is 0 Å². The van der Waals surface area contributed by atoms with Crippen LogP contribution >= 0.6 is 0 Å². The Labute approximate surface area is 179 Å². The largest absolute Gasteiger partial charge is 0.455 e. The van der Waals surface area contributed by atoms with Crippen LogP contribution in [-0.2, 0) is 7.05 Å². The Morgan fingerprint density at radius 3 is 2.58 bits per heavy atom. The number of fused-ring (bicyclic) bond motifs is 3. The first-order chi connectivity index (χ1) is 14.9. The quantitative estimate of drug-likeness (QED) is 0.304. The molecule has 0 spiro atoms. The first kappa shape index (κ1) is 19.5. The lowest BCUT2D eigenvalue weighted by Crippen LogP contribution is -2.29. The molecule has 0 saturated carbocycles. The minimum Gasteiger partial charge on any atom is -0.455 e. The lowest BCUT2D eigenvalue weighted by molar-refractivity contribution is -0.659. The molecule has 0 saturated heterocycles. The predicted octanol–water partition coefficient (Wildman–Crippen LogP) is 6.58. The van der Waals surface area contributed by atoms with Gasteiger partial charge in [-0.3, -0.25) is 0 Å². The van der Waals surface area contributed by atoms with E-state index in [1.54, 1.807) is 0 Å². The molecule has 0 aliphatic heterocycles. The van der Waals surface area contributed by atoms with Crippen molar-refractivity contribution in [3.05, 3.63) is 83.7 Å². The topological polar surface area (TPSA) is 21.9 Å². The van der Waals surface area contributed by atoms with E-state index >= 15 is 0 Å². The van der Waals surface area contributed by atoms with Gasteiger partial charge in [0.25, 0.3) is 5.82 Å². The van der Waals surface area contributed by atoms with Crippen molar-refractivity contribution in [2.24, 2.45) is 7.05 Å². The number of imidazole rings is 1. The molecule has 3 aromatic carbocycles. The summed E-state index contributed by atoms with van der Waals surface area (Å²) in [4.78, 5) is 0. The molecule has 0 amide bonds. The summed E-state index contributed by atoms with van der Waals surface area (Å²) in [5.74, 6) is -0.0105. The Morgan fingerprint density at radius 1 is 1.03 bits per heavy atom. The third kappa shape index (κ3) is 2.95. The highest BCUT2D eigenvalue weighted by molar-refractivity contribution is 6.09. The maximum Gasteiger partial charge on any atom is 0.297 e. The van der Waals surface area contributed by atoms with E-state index in [0.717, 1.165) is 28.7 Å². The zero-order chi connectivity index (χ0) is 21.9. The van der Waals surface area contributed by atoms with Crippen LogP contribution in [0.15, 0.2) is 65.3 Å². The van der Waals surface area contributed by atoms with Crippen molar-refractivity contribution in [2.45, 2.75) is 26.7 Å². The Balaban J connectivity index is 1.88. The van der Waals surface area contributed by atoms with Gasteiger partial charge in [-0.2, -0.15) is 4.57 Å². The van der Waals surface area contributed by atoms with Crippen molar-refractivity contribution in [3.63, 3.8) is 0 Å². The van der Waals surface area contributed by atoms with E-state index in [-0.39, 0.29) is 5.58 Å². The number of hydrogen-bond donors (Lipinski definition) is 0. The van der Waals surface area contributed by atoms with E-state index in [1.807, 2.05) is 55.2 Å². The van der Waals surface area contributed by atoms with Gasteiger partial charge in [0.05, 0.1) is 12.4 Å². The number of aryl methyl sites for hydroxylation is 2. The van der Waals surface area contributed by atoms with E-state index < -0.39 is 11.6 Å². The van der Waals surface area contributed by atoms with E-state index in [9.17, 15) is 8.78 Å². The molecule has 5 heteroatoms. The Kier molecular flexibility index (Phi) is 4.43. The van der Waals surface area contributed by atoms with Gasteiger partial charge in [-0.15, -0.1) is 0 Å². The van der Waals surface area contributed by atoms with Gasteiger partial charge in [0.1, 0.15) is 40.9 Å². The number of rotatable bonds is 3. The number of nitrogens with zero attached hydrogens (tertiary/aromatic N) is 2. The summed E-state index contributed by atoms with van der Waals surface area (Å²) in [6, 6.07) is 14.3. The van der Waals surface area contributed by atoms with Crippen molar-refractivity contribution < 1.29 is 17.8 Å². The van der Waals surface area contributed by atoms with Crippen molar-refractivity contribution in [3.8, 4) is 17.1 Å². The summed E-state index contributed by atoms with van der Waals surface area (Å²) in [7, 11) is 1.98. The summed E-state index contributed by atoms with van der Waals surface area (Å²) in [5, 5.41) is 0.944. The Bertz CT molecular complexity index is 1460. The summed E-state index contributed by atoms with van der Waals surface area (Å²) in [5.41, 5.74) is 4.92. The van der Waals surface area contributed by atoms with Crippen LogP contribution in [0.5, 0.6) is 0 Å². The third-order valence-electron chi connectivity index (χ3n) is 5.91. The molecule has 2 aromatic heterocycles. The molecule has 0 bridgehead atoms. The number of halogens is 2. The van der Waals surface area contributed by atoms with Gasteiger partial charge >= 0.3 is 0 Å². The summed E-state index contributed by atoms with van der Waals surface area (Å²) < 4.78 is 38.7. The zero-order valence-corrected chi connectivity index (χ0v) is 17.9. The third-order valence-corrected chi connectivity index (χ3v) is 5.91. The maximum absolute atomic E-state index is 14.6. The lowest BCUT2D eigenvalue weighted by atomic mass is 10.00. The number of hydrogen-bond acceptors (Lipinski definition) is 1. The van der Waals surface area contributed by atoms with Crippen molar-refractivity contribution >= 4 is 21.9 Å². The van der Waals surface area contributed by atoms with Crippen molar-refractivity contribution in [2.75, 3.05) is 0 Å². The molecule has 5 rings (SSSR count). The molecule has 31 heavy (non-hydrogen) atoms. The fourth-order valence-corrected chi connectivity index (χ4v) is 4.43. The second-order valence-electron chi connectivity index (χ2n) is 8.31. The van der Waals surface area contributed by atoms with Crippen LogP contribution in [0.1, 0.15) is 30.9 Å². The molecule has 0 unspecified atom stereocenters. The smallest absolute Gasteiger partial charge is 0.297 e. The highest BCUT2D eigenvalue weighted by atomic mass is 19.1. The minimum atomic E-state index is -0.651. The molecule has 0 radical (unpaired) electrons. The Morgan fingerprint density at radius 2 is 1.81 bits per heavy atom. The predicted molar refractivity (Wildman–Crippen MR) is 118 cm³/mol. The molecule has 0 aliphatic rings. The SMILES string of the molecule is Cc1ccc2c(oc3cc(F)cc(F)c32)c1-c1n(-c2ccccc2C(C)C)cc[n+]1C. The number of benzene rings is 3. The standard InChI is InChI=1S/C26H23F2N2O/c1-15(2)18-7-5-6-8-21(18)30-12-11-29(4)26(30)23-16(3)9-10-19-24-20(28)13-17(27)14-22(24)31-25(19)23/h5-15H,1-4H3/q+1. The molecule has 3 nitrogen and oxygen atoms in total. The van der Waals surface area contributed by atoms with Gasteiger partial charge < -0.3 is 4.42 Å². The molecule has 5 aromatic rings. The minimum absolute atomic E-state index is 0.211. The first-order valence-electron chi connectivity index (χ1n) is 10.3. The van der Waals surface area contributed by atoms with Crippen molar-refractivity contribution in [1.29, 1.82) is 0 Å². The average Bonchev–Trinajstić information content (AvgIpc) is 3.28. The number of furan rings is 1. The van der Waals surface area contributed by atoms with Crippen LogP contribution in [-0.4, -0.2) is 4.57 Å². The van der Waals surface area contributed by atoms with E-state index in [2.05, 4.69) is 30.5 Å².